The van der Waals surface area contributed by atoms with Gasteiger partial charge in [0.15, 0.2) is 0 Å². The summed E-state index contributed by atoms with van der Waals surface area (Å²) in [7, 11) is 0. The molecule has 64 valence electrons. The standard InChI is InChI=1S/C5H7FN6/c1-3(6)4(8-2-7)5-9-11-12-10-5/h2H,1H3,(H2,7,8)(H,9,10,11,12)/b4-3+. The normalized spacial score (nSPS) is 13.5. The van der Waals surface area contributed by atoms with Gasteiger partial charge in [-0.15, -0.1) is 5.10 Å². The first-order valence-corrected chi connectivity index (χ1v) is 3.10. The highest BCUT2D eigenvalue weighted by Gasteiger charge is 2.07. The molecular weight excluding hydrogens is 163 g/mol. The molecule has 0 fully saturated rings. The molecule has 3 N–H and O–H groups in total. The third-order valence-corrected chi connectivity index (χ3v) is 1.10. The van der Waals surface area contributed by atoms with Crippen molar-refractivity contribution in [2.24, 2.45) is 10.7 Å². The molecule has 0 aliphatic carbocycles. The minimum absolute atomic E-state index is 0.00231. The van der Waals surface area contributed by atoms with Crippen molar-refractivity contribution in [1.82, 2.24) is 20.6 Å². The fourth-order valence-corrected chi connectivity index (χ4v) is 0.647. The van der Waals surface area contributed by atoms with Crippen LogP contribution in [0.4, 0.5) is 4.39 Å². The number of allylic oxidation sites excluding steroid dienone is 1. The number of aromatic nitrogens is 4. The van der Waals surface area contributed by atoms with E-state index in [9.17, 15) is 4.39 Å². The van der Waals surface area contributed by atoms with Gasteiger partial charge in [-0.2, -0.15) is 0 Å². The number of hydrogen-bond acceptors (Lipinski definition) is 4. The summed E-state index contributed by atoms with van der Waals surface area (Å²) in [4.78, 5) is 3.55. The Balaban J connectivity index is 3.06. The van der Waals surface area contributed by atoms with Crippen LogP contribution in [-0.4, -0.2) is 27.0 Å². The maximum absolute atomic E-state index is 12.7. The molecule has 1 heterocycles. The van der Waals surface area contributed by atoms with Crippen molar-refractivity contribution >= 4 is 12.0 Å². The summed E-state index contributed by atoms with van der Waals surface area (Å²) in [6.07, 6.45) is 0.973. The molecule has 0 bridgehead atoms. The summed E-state index contributed by atoms with van der Waals surface area (Å²) in [6, 6.07) is 0. The molecule has 0 unspecified atom stereocenters. The Labute approximate surface area is 67.4 Å². The van der Waals surface area contributed by atoms with E-state index in [4.69, 9.17) is 5.73 Å². The van der Waals surface area contributed by atoms with E-state index in [1.165, 1.54) is 6.92 Å². The Kier molecular flexibility index (Phi) is 2.46. The third kappa shape index (κ3) is 1.62. The molecule has 0 saturated heterocycles. The summed E-state index contributed by atoms with van der Waals surface area (Å²) in [5, 5.41) is 12.4. The Morgan fingerprint density at radius 2 is 2.50 bits per heavy atom. The quantitative estimate of drug-likeness (QED) is 0.476. The van der Waals surface area contributed by atoms with Gasteiger partial charge < -0.3 is 5.73 Å². The molecule has 0 saturated carbocycles. The molecule has 0 aliphatic heterocycles. The highest BCUT2D eigenvalue weighted by molar-refractivity contribution is 5.69. The molecule has 0 aromatic carbocycles. The van der Waals surface area contributed by atoms with Gasteiger partial charge in [-0.1, -0.05) is 0 Å². The number of nitrogens with zero attached hydrogens (tertiary/aromatic N) is 4. The van der Waals surface area contributed by atoms with Gasteiger partial charge in [0, 0.05) is 0 Å². The average molecular weight is 170 g/mol. The summed E-state index contributed by atoms with van der Waals surface area (Å²) in [5.74, 6) is -0.355. The smallest absolute Gasteiger partial charge is 0.200 e. The van der Waals surface area contributed by atoms with Crippen molar-refractivity contribution in [2.45, 2.75) is 6.92 Å². The Morgan fingerprint density at radius 1 is 1.75 bits per heavy atom. The molecule has 0 radical (unpaired) electrons. The van der Waals surface area contributed by atoms with Crippen LogP contribution in [-0.2, 0) is 0 Å². The van der Waals surface area contributed by atoms with Crippen molar-refractivity contribution in [2.75, 3.05) is 0 Å². The summed E-state index contributed by atoms with van der Waals surface area (Å²) < 4.78 is 12.7. The fraction of sp³-hybridized carbons (Fsp3) is 0.200. The number of hydrogen-bond donors (Lipinski definition) is 2. The van der Waals surface area contributed by atoms with Crippen LogP contribution in [0.15, 0.2) is 10.8 Å². The van der Waals surface area contributed by atoms with Crippen LogP contribution in [0.2, 0.25) is 0 Å². The van der Waals surface area contributed by atoms with Gasteiger partial charge in [-0.25, -0.2) is 14.5 Å². The van der Waals surface area contributed by atoms with E-state index in [-0.39, 0.29) is 11.5 Å². The first kappa shape index (κ1) is 8.31. The molecular formula is C5H7FN6. The third-order valence-electron chi connectivity index (χ3n) is 1.10. The Morgan fingerprint density at radius 3 is 2.92 bits per heavy atom. The number of nitrogens with one attached hydrogen (secondary N) is 1. The molecule has 0 spiro atoms. The van der Waals surface area contributed by atoms with Crippen LogP contribution < -0.4 is 5.73 Å². The SMILES string of the molecule is C/C(F)=C(\N=C/N)c1nnn[nH]1. The molecule has 0 amide bonds. The maximum atomic E-state index is 12.7. The summed E-state index contributed by atoms with van der Waals surface area (Å²) in [6.45, 7) is 1.24. The largest absolute Gasteiger partial charge is 0.390 e. The van der Waals surface area contributed by atoms with Crippen molar-refractivity contribution in [3.05, 3.63) is 11.7 Å². The number of tetrazole rings is 1. The van der Waals surface area contributed by atoms with E-state index in [1.807, 2.05) is 0 Å². The molecule has 1 aromatic rings. The van der Waals surface area contributed by atoms with Crippen molar-refractivity contribution in [1.29, 1.82) is 0 Å². The fourth-order valence-electron chi connectivity index (χ4n) is 0.647. The topological polar surface area (TPSA) is 92.8 Å². The van der Waals surface area contributed by atoms with Gasteiger partial charge in [-0.05, 0) is 17.4 Å². The molecule has 1 rings (SSSR count). The van der Waals surface area contributed by atoms with Gasteiger partial charge >= 0.3 is 0 Å². The Hall–Kier alpha value is -1.79. The molecule has 0 aliphatic rings. The minimum atomic E-state index is -0.504. The number of aromatic amines is 1. The lowest BCUT2D eigenvalue weighted by atomic mass is 10.4. The van der Waals surface area contributed by atoms with E-state index in [0.29, 0.717) is 0 Å². The van der Waals surface area contributed by atoms with Crippen LogP contribution >= 0.6 is 0 Å². The summed E-state index contributed by atoms with van der Waals surface area (Å²) >= 11 is 0. The van der Waals surface area contributed by atoms with Crippen LogP contribution in [0.3, 0.4) is 0 Å². The second-order valence-corrected chi connectivity index (χ2v) is 1.91. The predicted molar refractivity (Wildman–Crippen MR) is 40.6 cm³/mol. The zero-order valence-corrected chi connectivity index (χ0v) is 6.32. The van der Waals surface area contributed by atoms with Gasteiger partial charge in [0.1, 0.15) is 11.5 Å². The lowest BCUT2D eigenvalue weighted by molar-refractivity contribution is 0.641. The lowest BCUT2D eigenvalue weighted by Gasteiger charge is -1.93. The first-order chi connectivity index (χ1) is 5.75. The van der Waals surface area contributed by atoms with Crippen LogP contribution in [0.25, 0.3) is 5.70 Å². The van der Waals surface area contributed by atoms with Crippen molar-refractivity contribution in [3.8, 4) is 0 Å². The molecule has 7 heteroatoms. The number of aliphatic imine (C=N–C) groups is 1. The van der Waals surface area contributed by atoms with E-state index in [0.717, 1.165) is 6.34 Å². The second kappa shape index (κ2) is 3.56. The number of H-pyrrole nitrogens is 1. The monoisotopic (exact) mass is 170 g/mol. The molecule has 0 atom stereocenters. The number of nitrogens with two attached hydrogens (primary N) is 1. The predicted octanol–water partition coefficient (Wildman–Crippen LogP) is -0.155. The zero-order chi connectivity index (χ0) is 8.97. The molecule has 6 nitrogen and oxygen atoms in total. The first-order valence-electron chi connectivity index (χ1n) is 3.10. The minimum Gasteiger partial charge on any atom is -0.390 e. The van der Waals surface area contributed by atoms with Crippen LogP contribution in [0.5, 0.6) is 0 Å². The van der Waals surface area contributed by atoms with Crippen molar-refractivity contribution in [3.63, 3.8) is 0 Å². The Bertz CT molecular complexity index is 296. The second-order valence-electron chi connectivity index (χ2n) is 1.91. The van der Waals surface area contributed by atoms with Gasteiger partial charge in [0.2, 0.25) is 5.82 Å². The number of rotatable bonds is 2. The van der Waals surface area contributed by atoms with Crippen molar-refractivity contribution < 1.29 is 4.39 Å². The highest BCUT2D eigenvalue weighted by Crippen LogP contribution is 2.14. The molecule has 12 heavy (non-hydrogen) atoms. The van der Waals surface area contributed by atoms with E-state index in [1.54, 1.807) is 0 Å². The zero-order valence-electron chi connectivity index (χ0n) is 6.32. The van der Waals surface area contributed by atoms with Crippen LogP contribution in [0, 0.1) is 0 Å². The van der Waals surface area contributed by atoms with Gasteiger partial charge in [0.05, 0.1) is 6.34 Å². The summed E-state index contributed by atoms with van der Waals surface area (Å²) in [5.41, 5.74) is 5.00. The molecule has 1 aromatic heterocycles. The maximum Gasteiger partial charge on any atom is 0.200 e. The highest BCUT2D eigenvalue weighted by atomic mass is 19.1. The number of halogens is 1. The van der Waals surface area contributed by atoms with Crippen LogP contribution in [0.1, 0.15) is 12.7 Å². The van der Waals surface area contributed by atoms with E-state index in [2.05, 4.69) is 25.6 Å². The lowest BCUT2D eigenvalue weighted by Crippen LogP contribution is -1.93. The van der Waals surface area contributed by atoms with E-state index >= 15 is 0 Å². The average Bonchev–Trinajstić information content (AvgIpc) is 2.51. The van der Waals surface area contributed by atoms with Gasteiger partial charge in [-0.3, -0.25) is 0 Å². The van der Waals surface area contributed by atoms with E-state index < -0.39 is 5.83 Å². The van der Waals surface area contributed by atoms with Gasteiger partial charge in [0.25, 0.3) is 0 Å².